The lowest BCUT2D eigenvalue weighted by Crippen LogP contribution is -2.24. The van der Waals surface area contributed by atoms with Crippen LogP contribution in [0.1, 0.15) is 36.0 Å². The number of hydrogen-bond donors (Lipinski definition) is 2. The van der Waals surface area contributed by atoms with E-state index in [0.29, 0.717) is 23.6 Å². The van der Waals surface area contributed by atoms with Crippen LogP contribution >= 0.6 is 34.2 Å². The van der Waals surface area contributed by atoms with Crippen molar-refractivity contribution in [2.45, 2.75) is 25.7 Å². The van der Waals surface area contributed by atoms with Gasteiger partial charge in [0.05, 0.1) is 5.02 Å². The fraction of sp³-hybridized carbons (Fsp3) is 0.385. The number of nitrogens with one attached hydrogen (secondary N) is 1. The second kappa shape index (κ2) is 8.37. The van der Waals surface area contributed by atoms with Crippen molar-refractivity contribution >= 4 is 46.1 Å². The lowest BCUT2D eigenvalue weighted by atomic mass is 10.2. The van der Waals surface area contributed by atoms with Crippen LogP contribution in [-0.2, 0) is 4.79 Å². The summed E-state index contributed by atoms with van der Waals surface area (Å²) in [7, 11) is 0. The summed E-state index contributed by atoms with van der Waals surface area (Å²) >= 11 is 8.05. The van der Waals surface area contributed by atoms with Crippen molar-refractivity contribution in [2.24, 2.45) is 0 Å². The van der Waals surface area contributed by atoms with Crippen molar-refractivity contribution in [3.63, 3.8) is 0 Å². The number of rotatable bonds is 7. The molecule has 6 heteroatoms. The number of unbranched alkanes of at least 4 members (excludes halogenated alkanes) is 2. The van der Waals surface area contributed by atoms with Crippen molar-refractivity contribution in [3.05, 3.63) is 32.4 Å². The van der Waals surface area contributed by atoms with Crippen LogP contribution in [0, 0.1) is 3.57 Å². The predicted octanol–water partition coefficient (Wildman–Crippen LogP) is 3.32. The second-order valence-electron chi connectivity index (χ2n) is 4.09. The molecule has 1 amide bonds. The zero-order chi connectivity index (χ0) is 14.3. The molecule has 4 nitrogen and oxygen atoms in total. The molecule has 0 unspecified atom stereocenters. The van der Waals surface area contributed by atoms with E-state index in [1.807, 2.05) is 0 Å². The minimum absolute atomic E-state index is 0.156. The fourth-order valence-electron chi connectivity index (χ4n) is 1.52. The summed E-state index contributed by atoms with van der Waals surface area (Å²) in [5.41, 5.74) is 0.538. The Morgan fingerprint density at radius 1 is 1.26 bits per heavy atom. The van der Waals surface area contributed by atoms with Crippen molar-refractivity contribution in [1.82, 2.24) is 5.32 Å². The first-order valence-electron chi connectivity index (χ1n) is 5.95. The topological polar surface area (TPSA) is 66.4 Å². The number of amides is 1. The van der Waals surface area contributed by atoms with Gasteiger partial charge in [0.2, 0.25) is 0 Å². The van der Waals surface area contributed by atoms with Crippen molar-refractivity contribution in [3.8, 4) is 0 Å². The quantitative estimate of drug-likeness (QED) is 0.550. The summed E-state index contributed by atoms with van der Waals surface area (Å²) in [5, 5.41) is 11.8. The highest BCUT2D eigenvalue weighted by Gasteiger charge is 2.07. The Balaban J connectivity index is 2.27. The summed E-state index contributed by atoms with van der Waals surface area (Å²) in [4.78, 5) is 22.1. The average Bonchev–Trinajstić information content (AvgIpc) is 2.36. The lowest BCUT2D eigenvalue weighted by Gasteiger charge is -2.06. The van der Waals surface area contributed by atoms with Gasteiger partial charge in [-0.2, -0.15) is 0 Å². The minimum atomic E-state index is -0.780. The van der Waals surface area contributed by atoms with Crippen LogP contribution < -0.4 is 5.32 Å². The maximum Gasteiger partial charge on any atom is 0.303 e. The molecule has 0 radical (unpaired) electrons. The normalized spacial score (nSPS) is 10.2. The standard InChI is InChI=1S/C13H15ClINO3/c14-10-8-9(5-6-11(10)15)13(19)16-7-3-1-2-4-12(17)18/h5-6,8H,1-4,7H2,(H,16,19)(H,17,18). The Labute approximate surface area is 130 Å². The van der Waals surface area contributed by atoms with Crippen molar-refractivity contribution in [2.75, 3.05) is 6.54 Å². The molecule has 1 aromatic rings. The third-order valence-electron chi connectivity index (χ3n) is 2.53. The molecule has 0 heterocycles. The predicted molar refractivity (Wildman–Crippen MR) is 82.6 cm³/mol. The Bertz CT molecular complexity index is 465. The molecule has 0 aromatic heterocycles. The summed E-state index contributed by atoms with van der Waals surface area (Å²) in [5.74, 6) is -0.936. The first-order chi connectivity index (χ1) is 9.00. The van der Waals surface area contributed by atoms with Crippen LogP contribution in [0.25, 0.3) is 0 Å². The number of carbonyl (C=O) groups is 2. The van der Waals surface area contributed by atoms with Gasteiger partial charge < -0.3 is 10.4 Å². The van der Waals surface area contributed by atoms with E-state index in [4.69, 9.17) is 16.7 Å². The van der Waals surface area contributed by atoms with Gasteiger partial charge in [-0.3, -0.25) is 9.59 Å². The lowest BCUT2D eigenvalue weighted by molar-refractivity contribution is -0.137. The SMILES string of the molecule is O=C(O)CCCCCNC(=O)c1ccc(I)c(Cl)c1. The van der Waals surface area contributed by atoms with E-state index in [9.17, 15) is 9.59 Å². The van der Waals surface area contributed by atoms with Gasteiger partial charge in [-0.1, -0.05) is 18.0 Å². The maximum atomic E-state index is 11.8. The van der Waals surface area contributed by atoms with Gasteiger partial charge in [0.1, 0.15) is 0 Å². The summed E-state index contributed by atoms with van der Waals surface area (Å²) in [6.07, 6.45) is 2.39. The number of carbonyl (C=O) groups excluding carboxylic acids is 1. The molecule has 104 valence electrons. The molecule has 0 fully saturated rings. The van der Waals surface area contributed by atoms with Crippen LogP contribution in [0.15, 0.2) is 18.2 Å². The van der Waals surface area contributed by atoms with Crippen LogP contribution in [0.4, 0.5) is 0 Å². The first-order valence-corrected chi connectivity index (χ1v) is 7.41. The van der Waals surface area contributed by atoms with Crippen molar-refractivity contribution < 1.29 is 14.7 Å². The van der Waals surface area contributed by atoms with E-state index in [-0.39, 0.29) is 12.3 Å². The maximum absolute atomic E-state index is 11.8. The Morgan fingerprint density at radius 2 is 2.00 bits per heavy atom. The molecule has 2 N–H and O–H groups in total. The van der Waals surface area contributed by atoms with E-state index in [1.165, 1.54) is 0 Å². The minimum Gasteiger partial charge on any atom is -0.481 e. The van der Waals surface area contributed by atoms with E-state index >= 15 is 0 Å². The van der Waals surface area contributed by atoms with Crippen molar-refractivity contribution in [1.29, 1.82) is 0 Å². The molecule has 19 heavy (non-hydrogen) atoms. The smallest absolute Gasteiger partial charge is 0.303 e. The van der Waals surface area contributed by atoms with Crippen LogP contribution in [0.5, 0.6) is 0 Å². The molecule has 0 bridgehead atoms. The molecule has 0 atom stereocenters. The average molecular weight is 396 g/mol. The Hall–Kier alpha value is -0.820. The number of aliphatic carboxylic acids is 1. The van der Waals surface area contributed by atoms with Gasteiger partial charge in [0.15, 0.2) is 0 Å². The summed E-state index contributed by atoms with van der Waals surface area (Å²) in [6, 6.07) is 5.17. The molecule has 0 aliphatic rings. The highest BCUT2D eigenvalue weighted by Crippen LogP contribution is 2.19. The molecule has 0 spiro atoms. The highest BCUT2D eigenvalue weighted by atomic mass is 127. The second-order valence-corrected chi connectivity index (χ2v) is 5.66. The molecule has 0 saturated heterocycles. The highest BCUT2D eigenvalue weighted by molar-refractivity contribution is 14.1. The number of carboxylic acid groups (broad SMARTS) is 1. The third kappa shape index (κ3) is 6.24. The Kier molecular flexibility index (Phi) is 7.15. The van der Waals surface area contributed by atoms with E-state index in [1.54, 1.807) is 18.2 Å². The van der Waals surface area contributed by atoms with Crippen LogP contribution in [-0.4, -0.2) is 23.5 Å². The van der Waals surface area contributed by atoms with Gasteiger partial charge in [-0.25, -0.2) is 0 Å². The molecule has 0 aliphatic carbocycles. The Morgan fingerprint density at radius 3 is 2.63 bits per heavy atom. The van der Waals surface area contributed by atoms with E-state index in [2.05, 4.69) is 27.9 Å². The molecular weight excluding hydrogens is 381 g/mol. The summed E-state index contributed by atoms with van der Waals surface area (Å²) in [6.45, 7) is 0.544. The van der Waals surface area contributed by atoms with Gasteiger partial charge in [-0.05, 0) is 53.6 Å². The first kappa shape index (κ1) is 16.2. The molecule has 0 saturated carbocycles. The van der Waals surface area contributed by atoms with Crippen LogP contribution in [0.2, 0.25) is 5.02 Å². The zero-order valence-electron chi connectivity index (χ0n) is 10.3. The van der Waals surface area contributed by atoms with E-state index in [0.717, 1.165) is 16.4 Å². The number of carboxylic acids is 1. The number of halogens is 2. The molecule has 1 rings (SSSR count). The summed E-state index contributed by atoms with van der Waals surface area (Å²) < 4.78 is 0.907. The van der Waals surface area contributed by atoms with Crippen LogP contribution in [0.3, 0.4) is 0 Å². The van der Waals surface area contributed by atoms with Gasteiger partial charge >= 0.3 is 5.97 Å². The largest absolute Gasteiger partial charge is 0.481 e. The fourth-order valence-corrected chi connectivity index (χ4v) is 2.04. The third-order valence-corrected chi connectivity index (χ3v) is 4.11. The number of hydrogen-bond acceptors (Lipinski definition) is 2. The molecular formula is C13H15ClINO3. The zero-order valence-corrected chi connectivity index (χ0v) is 13.2. The van der Waals surface area contributed by atoms with E-state index < -0.39 is 5.97 Å². The monoisotopic (exact) mass is 395 g/mol. The van der Waals surface area contributed by atoms with Gasteiger partial charge in [0, 0.05) is 22.1 Å². The van der Waals surface area contributed by atoms with Gasteiger partial charge in [0.25, 0.3) is 5.91 Å². The number of benzene rings is 1. The van der Waals surface area contributed by atoms with Gasteiger partial charge in [-0.15, -0.1) is 0 Å². The molecule has 0 aliphatic heterocycles. The molecule has 1 aromatic carbocycles.